The van der Waals surface area contributed by atoms with Gasteiger partial charge < -0.3 is 24.7 Å². The van der Waals surface area contributed by atoms with Crippen molar-refractivity contribution in [3.63, 3.8) is 0 Å². The Morgan fingerprint density at radius 3 is 2.35 bits per heavy atom. The lowest BCUT2D eigenvalue weighted by molar-refractivity contribution is 0.0867. The lowest BCUT2D eigenvalue weighted by Crippen LogP contribution is -2.37. The molecule has 0 atom stereocenters. The molecule has 0 spiro atoms. The van der Waals surface area contributed by atoms with Crippen molar-refractivity contribution in [3.8, 4) is 17.2 Å². The Labute approximate surface area is 121 Å². The molecule has 0 radical (unpaired) electrons. The molecule has 5 nitrogen and oxygen atoms in total. The predicted octanol–water partition coefficient (Wildman–Crippen LogP) is 2.23. The molecule has 0 aliphatic rings. The molecule has 0 aliphatic heterocycles. The maximum absolute atomic E-state index is 5.82. The van der Waals surface area contributed by atoms with Gasteiger partial charge in [0.05, 0.1) is 27.4 Å². The van der Waals surface area contributed by atoms with Gasteiger partial charge >= 0.3 is 0 Å². The lowest BCUT2D eigenvalue weighted by Gasteiger charge is -2.18. The van der Waals surface area contributed by atoms with Crippen LogP contribution in [-0.2, 0) is 4.74 Å². The fourth-order valence-electron chi connectivity index (χ4n) is 1.65. The maximum Gasteiger partial charge on any atom is 0.203 e. The summed E-state index contributed by atoms with van der Waals surface area (Å²) in [7, 11) is 3.20. The van der Waals surface area contributed by atoms with Crippen LogP contribution in [0.1, 0.15) is 20.3 Å². The van der Waals surface area contributed by atoms with E-state index in [4.69, 9.17) is 24.7 Å². The molecular weight excluding hydrogens is 258 g/mol. The number of ether oxygens (including phenoxy) is 4. The Morgan fingerprint density at radius 1 is 1.05 bits per heavy atom. The molecule has 0 fully saturated rings. The van der Waals surface area contributed by atoms with E-state index in [1.807, 2.05) is 32.0 Å². The first-order valence-corrected chi connectivity index (χ1v) is 6.68. The second kappa shape index (κ2) is 7.97. The monoisotopic (exact) mass is 283 g/mol. The van der Waals surface area contributed by atoms with Crippen LogP contribution in [0.4, 0.5) is 0 Å². The summed E-state index contributed by atoms with van der Waals surface area (Å²) in [5.41, 5.74) is 5.53. The van der Waals surface area contributed by atoms with Gasteiger partial charge in [-0.2, -0.15) is 0 Å². The summed E-state index contributed by atoms with van der Waals surface area (Å²) < 4.78 is 21.7. The van der Waals surface area contributed by atoms with Crippen LogP contribution in [0.15, 0.2) is 18.2 Å². The molecule has 1 rings (SSSR count). The second-order valence-electron chi connectivity index (χ2n) is 5.23. The third-order valence-corrected chi connectivity index (χ3v) is 2.53. The van der Waals surface area contributed by atoms with E-state index in [1.165, 1.54) is 0 Å². The average Bonchev–Trinajstić information content (AvgIpc) is 2.40. The minimum Gasteiger partial charge on any atom is -0.493 e. The molecule has 0 aromatic heterocycles. The summed E-state index contributed by atoms with van der Waals surface area (Å²) in [6, 6.07) is 5.55. The van der Waals surface area contributed by atoms with Gasteiger partial charge in [-0.15, -0.1) is 0 Å². The number of nitrogens with two attached hydrogens (primary N) is 1. The highest BCUT2D eigenvalue weighted by atomic mass is 16.5. The van der Waals surface area contributed by atoms with Crippen LogP contribution in [0, 0.1) is 0 Å². The summed E-state index contributed by atoms with van der Waals surface area (Å²) in [6.07, 6.45) is 0.788. The molecule has 114 valence electrons. The van der Waals surface area contributed by atoms with E-state index >= 15 is 0 Å². The smallest absolute Gasteiger partial charge is 0.203 e. The number of benzene rings is 1. The first kappa shape index (κ1) is 16.6. The third-order valence-electron chi connectivity index (χ3n) is 2.53. The largest absolute Gasteiger partial charge is 0.493 e. The number of para-hydroxylation sites is 1. The van der Waals surface area contributed by atoms with Gasteiger partial charge in [0.15, 0.2) is 11.5 Å². The van der Waals surface area contributed by atoms with Gasteiger partial charge in [0.2, 0.25) is 5.75 Å². The minimum absolute atomic E-state index is 0.295. The molecule has 1 aromatic carbocycles. The number of rotatable bonds is 9. The van der Waals surface area contributed by atoms with Gasteiger partial charge in [-0.1, -0.05) is 6.07 Å². The molecule has 1 aromatic rings. The molecule has 0 saturated heterocycles. The molecule has 0 amide bonds. The summed E-state index contributed by atoms with van der Waals surface area (Å²) >= 11 is 0. The summed E-state index contributed by atoms with van der Waals surface area (Å²) in [5.74, 6) is 1.94. The van der Waals surface area contributed by atoms with E-state index in [0.29, 0.717) is 37.1 Å². The average molecular weight is 283 g/mol. The van der Waals surface area contributed by atoms with Crippen molar-refractivity contribution >= 4 is 0 Å². The van der Waals surface area contributed by atoms with Crippen molar-refractivity contribution in [2.45, 2.75) is 25.8 Å². The highest BCUT2D eigenvalue weighted by molar-refractivity contribution is 5.50. The quantitative estimate of drug-likeness (QED) is 0.704. The molecule has 2 N–H and O–H groups in total. The van der Waals surface area contributed by atoms with Gasteiger partial charge in [-0.25, -0.2) is 0 Å². The van der Waals surface area contributed by atoms with E-state index in [0.717, 1.165) is 6.42 Å². The molecule has 5 heteroatoms. The minimum atomic E-state index is -0.295. The summed E-state index contributed by atoms with van der Waals surface area (Å²) in [6.45, 7) is 5.58. The lowest BCUT2D eigenvalue weighted by atomic mass is 10.1. The van der Waals surface area contributed by atoms with Gasteiger partial charge in [0.25, 0.3) is 0 Å². The van der Waals surface area contributed by atoms with Crippen LogP contribution < -0.4 is 19.9 Å². The molecule has 0 heterocycles. The zero-order chi connectivity index (χ0) is 15.0. The Kier molecular flexibility index (Phi) is 6.61. The van der Waals surface area contributed by atoms with Crippen LogP contribution in [0.25, 0.3) is 0 Å². The van der Waals surface area contributed by atoms with E-state index in [-0.39, 0.29) is 5.54 Å². The zero-order valence-electron chi connectivity index (χ0n) is 12.8. The van der Waals surface area contributed by atoms with Crippen LogP contribution in [0.2, 0.25) is 0 Å². The van der Waals surface area contributed by atoms with Crippen molar-refractivity contribution in [1.29, 1.82) is 0 Å². The molecule has 0 unspecified atom stereocenters. The van der Waals surface area contributed by atoms with Crippen LogP contribution in [-0.4, -0.2) is 39.6 Å². The Balaban J connectivity index is 2.35. The van der Waals surface area contributed by atoms with E-state index in [2.05, 4.69) is 0 Å². The fourth-order valence-corrected chi connectivity index (χ4v) is 1.65. The molecule has 0 aliphatic carbocycles. The number of methoxy groups -OCH3 is 2. The second-order valence-corrected chi connectivity index (χ2v) is 5.23. The van der Waals surface area contributed by atoms with Crippen LogP contribution in [0.5, 0.6) is 17.2 Å². The number of hydrogen-bond donors (Lipinski definition) is 1. The van der Waals surface area contributed by atoms with Gasteiger partial charge in [0.1, 0.15) is 0 Å². The Hall–Kier alpha value is -1.46. The van der Waals surface area contributed by atoms with E-state index in [9.17, 15) is 0 Å². The van der Waals surface area contributed by atoms with Gasteiger partial charge in [-0.05, 0) is 26.0 Å². The van der Waals surface area contributed by atoms with Gasteiger partial charge in [0, 0.05) is 18.6 Å². The Morgan fingerprint density at radius 2 is 1.75 bits per heavy atom. The van der Waals surface area contributed by atoms with Crippen molar-refractivity contribution in [1.82, 2.24) is 0 Å². The van der Waals surface area contributed by atoms with E-state index < -0.39 is 0 Å². The first-order chi connectivity index (χ1) is 9.48. The van der Waals surface area contributed by atoms with Crippen LogP contribution >= 0.6 is 0 Å². The normalized spacial score (nSPS) is 11.2. The number of hydrogen-bond acceptors (Lipinski definition) is 5. The summed E-state index contributed by atoms with van der Waals surface area (Å²) in [5, 5.41) is 0. The first-order valence-electron chi connectivity index (χ1n) is 6.68. The molecule has 0 saturated carbocycles. The van der Waals surface area contributed by atoms with Crippen molar-refractivity contribution in [2.24, 2.45) is 5.73 Å². The standard InChI is InChI=1S/C15H25NO4/c1-15(2,16)11-19-9-6-10-20-13-8-5-7-12(17-3)14(13)18-4/h5,7-8H,6,9-11,16H2,1-4H3. The SMILES string of the molecule is COc1cccc(OCCCOCC(C)(C)N)c1OC. The van der Waals surface area contributed by atoms with Crippen LogP contribution in [0.3, 0.4) is 0 Å². The zero-order valence-corrected chi connectivity index (χ0v) is 12.8. The van der Waals surface area contributed by atoms with Crippen molar-refractivity contribution < 1.29 is 18.9 Å². The molecular formula is C15H25NO4. The van der Waals surface area contributed by atoms with Crippen molar-refractivity contribution in [2.75, 3.05) is 34.0 Å². The maximum atomic E-state index is 5.82. The van der Waals surface area contributed by atoms with Crippen molar-refractivity contribution in [3.05, 3.63) is 18.2 Å². The molecule has 20 heavy (non-hydrogen) atoms. The fraction of sp³-hybridized carbons (Fsp3) is 0.600. The third kappa shape index (κ3) is 5.67. The Bertz CT molecular complexity index is 401. The van der Waals surface area contributed by atoms with Gasteiger partial charge in [-0.3, -0.25) is 0 Å². The molecule has 0 bridgehead atoms. The predicted molar refractivity (Wildman–Crippen MR) is 78.7 cm³/mol. The van der Waals surface area contributed by atoms with E-state index in [1.54, 1.807) is 14.2 Å². The topological polar surface area (TPSA) is 62.9 Å². The highest BCUT2D eigenvalue weighted by Crippen LogP contribution is 2.36. The highest BCUT2D eigenvalue weighted by Gasteiger charge is 2.11. The summed E-state index contributed by atoms with van der Waals surface area (Å²) in [4.78, 5) is 0.